The molecule has 0 aliphatic heterocycles. The molecule has 0 radical (unpaired) electrons. The summed E-state index contributed by atoms with van der Waals surface area (Å²) in [6.45, 7) is 1.22. The minimum absolute atomic E-state index is 0.000435. The van der Waals surface area contributed by atoms with E-state index in [2.05, 4.69) is 5.32 Å². The number of nitrogens with one attached hydrogen (secondary N) is 1. The lowest BCUT2D eigenvalue weighted by Crippen LogP contribution is -2.22. The van der Waals surface area contributed by atoms with E-state index in [1.54, 1.807) is 24.3 Å². The van der Waals surface area contributed by atoms with Gasteiger partial charge in [-0.25, -0.2) is 18.0 Å². The second-order valence-corrected chi connectivity index (χ2v) is 5.48. The highest BCUT2D eigenvalue weighted by molar-refractivity contribution is 5.84. The molecule has 0 atom stereocenters. The third kappa shape index (κ3) is 5.77. The molecular formula is C19H16F3NO3. The lowest BCUT2D eigenvalue weighted by Gasteiger charge is -2.10. The summed E-state index contributed by atoms with van der Waals surface area (Å²) in [5.74, 6) is -4.80. The van der Waals surface area contributed by atoms with Gasteiger partial charge in [-0.15, -0.1) is 0 Å². The maximum atomic E-state index is 13.8. The number of hydrogen-bond acceptors (Lipinski definition) is 3. The van der Waals surface area contributed by atoms with Crippen LogP contribution in [0.15, 0.2) is 54.2 Å². The molecule has 7 heteroatoms. The first-order valence-electron chi connectivity index (χ1n) is 7.67. The predicted octanol–water partition coefficient (Wildman–Crippen LogP) is 3.41. The minimum Gasteiger partial charge on any atom is -0.458 e. The molecule has 26 heavy (non-hydrogen) atoms. The average Bonchev–Trinajstić information content (AvgIpc) is 2.58. The van der Waals surface area contributed by atoms with Crippen LogP contribution in [0.5, 0.6) is 0 Å². The van der Waals surface area contributed by atoms with E-state index in [-0.39, 0.29) is 24.3 Å². The summed E-state index contributed by atoms with van der Waals surface area (Å²) < 4.78 is 45.1. The Bertz CT molecular complexity index is 835. The molecule has 0 bridgehead atoms. The normalized spacial score (nSPS) is 11.2. The van der Waals surface area contributed by atoms with Crippen LogP contribution in [0.25, 0.3) is 0 Å². The van der Waals surface area contributed by atoms with Crippen LogP contribution in [0, 0.1) is 17.5 Å². The van der Waals surface area contributed by atoms with Crippen molar-refractivity contribution in [2.24, 2.45) is 0 Å². The fourth-order valence-electron chi connectivity index (χ4n) is 2.17. The summed E-state index contributed by atoms with van der Waals surface area (Å²) in [6.07, 6.45) is 0.661. The van der Waals surface area contributed by atoms with E-state index in [0.29, 0.717) is 12.1 Å². The topological polar surface area (TPSA) is 55.4 Å². The number of rotatable bonds is 6. The van der Waals surface area contributed by atoms with Gasteiger partial charge in [-0.2, -0.15) is 0 Å². The molecule has 2 aromatic carbocycles. The van der Waals surface area contributed by atoms with E-state index < -0.39 is 29.3 Å². The Balaban J connectivity index is 2.13. The number of carbonyl (C=O) groups is 2. The zero-order valence-corrected chi connectivity index (χ0v) is 13.9. The molecule has 0 heterocycles. The van der Waals surface area contributed by atoms with Gasteiger partial charge in [0.1, 0.15) is 12.4 Å². The van der Waals surface area contributed by atoms with Gasteiger partial charge in [0.25, 0.3) is 0 Å². The molecule has 0 saturated heterocycles. The predicted molar refractivity (Wildman–Crippen MR) is 88.2 cm³/mol. The zero-order chi connectivity index (χ0) is 19.1. The summed E-state index contributed by atoms with van der Waals surface area (Å²) in [5, 5.41) is 2.36. The summed E-state index contributed by atoms with van der Waals surface area (Å²) in [6, 6.07) is 10.0. The van der Waals surface area contributed by atoms with Crippen molar-refractivity contribution in [2.45, 2.75) is 20.0 Å². The highest BCUT2D eigenvalue weighted by Gasteiger charge is 2.13. The zero-order valence-electron chi connectivity index (χ0n) is 13.9. The monoisotopic (exact) mass is 363 g/mol. The van der Waals surface area contributed by atoms with Crippen molar-refractivity contribution in [3.05, 3.63) is 82.8 Å². The van der Waals surface area contributed by atoms with Gasteiger partial charge >= 0.3 is 5.97 Å². The van der Waals surface area contributed by atoms with Gasteiger partial charge < -0.3 is 10.1 Å². The lowest BCUT2D eigenvalue weighted by molar-refractivity contribution is -0.139. The van der Waals surface area contributed by atoms with Gasteiger partial charge in [0, 0.05) is 31.2 Å². The Kier molecular flexibility index (Phi) is 6.54. The quantitative estimate of drug-likeness (QED) is 0.486. The van der Waals surface area contributed by atoms with Crippen molar-refractivity contribution in [2.75, 3.05) is 0 Å². The van der Waals surface area contributed by atoms with Crippen LogP contribution in [0.2, 0.25) is 0 Å². The molecule has 0 saturated carbocycles. The Morgan fingerprint density at radius 2 is 1.69 bits per heavy atom. The molecular weight excluding hydrogens is 347 g/mol. The first-order valence-corrected chi connectivity index (χ1v) is 7.67. The number of allylic oxidation sites excluding steroid dienone is 1. The third-order valence-corrected chi connectivity index (χ3v) is 3.32. The summed E-state index contributed by atoms with van der Waals surface area (Å²) >= 11 is 0. The maximum absolute atomic E-state index is 13.8. The smallest absolute Gasteiger partial charge is 0.332 e. The molecule has 0 fully saturated rings. The molecule has 1 amide bonds. The van der Waals surface area contributed by atoms with Crippen molar-refractivity contribution >= 4 is 11.9 Å². The number of amides is 1. The molecule has 136 valence electrons. The van der Waals surface area contributed by atoms with Crippen molar-refractivity contribution in [3.8, 4) is 0 Å². The van der Waals surface area contributed by atoms with Crippen LogP contribution in [-0.4, -0.2) is 11.9 Å². The Hall–Kier alpha value is -3.09. The summed E-state index contributed by atoms with van der Waals surface area (Å²) in [5.41, 5.74) is 0.558. The van der Waals surface area contributed by atoms with Gasteiger partial charge in [0.05, 0.1) is 0 Å². The number of benzene rings is 2. The fourth-order valence-corrected chi connectivity index (χ4v) is 2.17. The van der Waals surface area contributed by atoms with Gasteiger partial charge in [0.2, 0.25) is 5.91 Å². The Morgan fingerprint density at radius 1 is 1.04 bits per heavy atom. The van der Waals surface area contributed by atoms with Crippen LogP contribution < -0.4 is 5.32 Å². The highest BCUT2D eigenvalue weighted by Crippen LogP contribution is 2.16. The maximum Gasteiger partial charge on any atom is 0.332 e. The number of halogens is 3. The second-order valence-electron chi connectivity index (χ2n) is 5.48. The van der Waals surface area contributed by atoms with E-state index in [9.17, 15) is 22.8 Å². The summed E-state index contributed by atoms with van der Waals surface area (Å²) in [4.78, 5) is 23.2. The molecule has 0 spiro atoms. The fraction of sp³-hybridized carbons (Fsp3) is 0.158. The van der Waals surface area contributed by atoms with Crippen LogP contribution in [0.1, 0.15) is 18.1 Å². The first-order chi connectivity index (χ1) is 12.3. The van der Waals surface area contributed by atoms with E-state index >= 15 is 0 Å². The van der Waals surface area contributed by atoms with Crippen molar-refractivity contribution < 1.29 is 27.5 Å². The van der Waals surface area contributed by atoms with Crippen molar-refractivity contribution in [1.82, 2.24) is 5.32 Å². The minimum atomic E-state index is -1.32. The van der Waals surface area contributed by atoms with Crippen LogP contribution in [0.4, 0.5) is 13.2 Å². The van der Waals surface area contributed by atoms with Gasteiger partial charge in [-0.1, -0.05) is 30.3 Å². The standard InChI is InChI=1S/C19H16F3NO3/c1-12(24)23-15(7-14-8-17(21)18(22)10-16(14)20)9-19(25)26-11-13-5-3-2-4-6-13/h2-6,8-10H,7,11H2,1H3,(H,23,24)/b15-9-. The average molecular weight is 363 g/mol. The van der Waals surface area contributed by atoms with Gasteiger partial charge in [0.15, 0.2) is 11.6 Å². The van der Waals surface area contributed by atoms with E-state index in [1.165, 1.54) is 6.92 Å². The second kappa shape index (κ2) is 8.84. The number of hydrogen-bond donors (Lipinski definition) is 1. The van der Waals surface area contributed by atoms with Crippen molar-refractivity contribution in [3.63, 3.8) is 0 Å². The lowest BCUT2D eigenvalue weighted by atomic mass is 10.1. The van der Waals surface area contributed by atoms with Crippen LogP contribution in [0.3, 0.4) is 0 Å². The molecule has 0 aliphatic carbocycles. The molecule has 1 N–H and O–H groups in total. The molecule has 2 aromatic rings. The third-order valence-electron chi connectivity index (χ3n) is 3.32. The molecule has 0 aromatic heterocycles. The van der Waals surface area contributed by atoms with Crippen molar-refractivity contribution in [1.29, 1.82) is 0 Å². The summed E-state index contributed by atoms with van der Waals surface area (Å²) in [7, 11) is 0. The molecule has 2 rings (SSSR count). The first kappa shape index (κ1) is 19.2. The van der Waals surface area contributed by atoms with E-state index in [0.717, 1.165) is 11.6 Å². The molecule has 4 nitrogen and oxygen atoms in total. The molecule has 0 unspecified atom stereocenters. The number of esters is 1. The van der Waals surface area contributed by atoms with Crippen LogP contribution >= 0.6 is 0 Å². The largest absolute Gasteiger partial charge is 0.458 e. The Morgan fingerprint density at radius 3 is 2.35 bits per heavy atom. The van der Waals surface area contributed by atoms with E-state index in [1.807, 2.05) is 6.07 Å². The SMILES string of the molecule is CC(=O)N/C(=C\C(=O)OCc1ccccc1)Cc1cc(F)c(F)cc1F. The molecule has 0 aliphatic rings. The number of ether oxygens (including phenoxy) is 1. The van der Waals surface area contributed by atoms with E-state index in [4.69, 9.17) is 4.74 Å². The van der Waals surface area contributed by atoms with Crippen LogP contribution in [-0.2, 0) is 27.4 Å². The Labute approximate surface area is 148 Å². The highest BCUT2D eigenvalue weighted by atomic mass is 19.2. The number of carbonyl (C=O) groups excluding carboxylic acids is 2. The van der Waals surface area contributed by atoms with Gasteiger partial charge in [-0.05, 0) is 17.2 Å². The van der Waals surface area contributed by atoms with Gasteiger partial charge in [-0.3, -0.25) is 4.79 Å².